The van der Waals surface area contributed by atoms with Crippen LogP contribution in [0.3, 0.4) is 0 Å². The molecule has 2 fully saturated rings. The predicted molar refractivity (Wildman–Crippen MR) is 146 cm³/mol. The average molecular weight is 500 g/mol. The number of hydrogen-bond donors (Lipinski definition) is 2. The Morgan fingerprint density at radius 2 is 1.67 bits per heavy atom. The molecule has 36 heavy (non-hydrogen) atoms. The van der Waals surface area contributed by atoms with Crippen LogP contribution in [-0.4, -0.2) is 55.1 Å². The molecule has 2 N–H and O–H groups in total. The molecule has 0 radical (unpaired) electrons. The van der Waals surface area contributed by atoms with Gasteiger partial charge in [0.25, 0.3) is 0 Å². The van der Waals surface area contributed by atoms with Crippen LogP contribution in [0.4, 0.5) is 0 Å². The van der Waals surface area contributed by atoms with E-state index in [1.165, 1.54) is 11.1 Å². The molecule has 1 aromatic carbocycles. The normalized spacial score (nSPS) is 25.0. The molecule has 0 aromatic heterocycles. The van der Waals surface area contributed by atoms with Crippen molar-refractivity contribution in [3.8, 4) is 0 Å². The summed E-state index contributed by atoms with van der Waals surface area (Å²) in [6.07, 6.45) is 6.27. The van der Waals surface area contributed by atoms with Crippen LogP contribution in [0.1, 0.15) is 96.6 Å². The van der Waals surface area contributed by atoms with E-state index in [2.05, 4.69) is 67.5 Å². The predicted octanol–water partition coefficient (Wildman–Crippen LogP) is 5.02. The summed E-state index contributed by atoms with van der Waals surface area (Å²) in [6, 6.07) is 8.39. The zero-order valence-corrected chi connectivity index (χ0v) is 23.3. The number of piperidine rings is 1. The van der Waals surface area contributed by atoms with Gasteiger partial charge >= 0.3 is 0 Å². The van der Waals surface area contributed by atoms with Crippen molar-refractivity contribution in [2.24, 2.45) is 11.3 Å². The van der Waals surface area contributed by atoms with Gasteiger partial charge in [0.2, 0.25) is 11.8 Å². The second-order valence-corrected chi connectivity index (χ2v) is 11.9. The number of nitrogens with zero attached hydrogens (tertiary/aromatic N) is 1. The standard InChI is InChI=1S/C30H49N3O3/c1-22(2)19-27-28(34)31-24(5)21-36-18-8-6-7-13-30(29(35)32-27)14-16-33(17-15-30)20-25-9-11-26(12-10-25)23(3)4/h9-12,22-24,27H,6-8,13-21H2,1-5H3,(H,31,34)(H,32,35)/t24-,27+/m1/s1. The van der Waals surface area contributed by atoms with Gasteiger partial charge in [-0.1, -0.05) is 64.8 Å². The Hall–Kier alpha value is -1.92. The van der Waals surface area contributed by atoms with Gasteiger partial charge < -0.3 is 15.4 Å². The molecule has 6 nitrogen and oxygen atoms in total. The molecule has 202 valence electrons. The van der Waals surface area contributed by atoms with Gasteiger partial charge in [0.1, 0.15) is 6.04 Å². The molecule has 0 bridgehead atoms. The molecular formula is C30H49N3O3. The highest BCUT2D eigenvalue weighted by molar-refractivity contribution is 5.90. The fraction of sp³-hybridized carbons (Fsp3) is 0.733. The van der Waals surface area contributed by atoms with Gasteiger partial charge in [-0.2, -0.15) is 0 Å². The minimum Gasteiger partial charge on any atom is -0.379 e. The number of rotatable bonds is 5. The molecule has 1 aromatic rings. The van der Waals surface area contributed by atoms with Gasteiger partial charge in [-0.3, -0.25) is 14.5 Å². The fourth-order valence-corrected chi connectivity index (χ4v) is 5.50. The quantitative estimate of drug-likeness (QED) is 0.597. The van der Waals surface area contributed by atoms with E-state index in [0.717, 1.165) is 58.2 Å². The van der Waals surface area contributed by atoms with Gasteiger partial charge in [-0.25, -0.2) is 0 Å². The van der Waals surface area contributed by atoms with E-state index in [-0.39, 0.29) is 17.9 Å². The van der Waals surface area contributed by atoms with Crippen LogP contribution in [-0.2, 0) is 20.9 Å². The first-order valence-corrected chi connectivity index (χ1v) is 14.2. The maximum Gasteiger partial charge on any atom is 0.242 e. The lowest BCUT2D eigenvalue weighted by atomic mass is 9.73. The summed E-state index contributed by atoms with van der Waals surface area (Å²) in [5, 5.41) is 6.26. The largest absolute Gasteiger partial charge is 0.379 e. The van der Waals surface area contributed by atoms with E-state index >= 15 is 0 Å². The second-order valence-electron chi connectivity index (χ2n) is 11.9. The Kier molecular flexibility index (Phi) is 10.8. The molecule has 2 heterocycles. The van der Waals surface area contributed by atoms with E-state index < -0.39 is 11.5 Å². The number of carbonyl (C=O) groups is 2. The van der Waals surface area contributed by atoms with Crippen LogP contribution in [0.25, 0.3) is 0 Å². The SMILES string of the molecule is CC(C)C[C@@H]1NC(=O)C2(CCCCCOC[C@@H](C)NC1=O)CCN(Cc1ccc(C(C)C)cc1)CC2. The van der Waals surface area contributed by atoms with Crippen LogP contribution >= 0.6 is 0 Å². The minimum absolute atomic E-state index is 0.0705. The maximum absolute atomic E-state index is 13.8. The van der Waals surface area contributed by atoms with Crippen molar-refractivity contribution in [3.63, 3.8) is 0 Å². The van der Waals surface area contributed by atoms with Crippen molar-refractivity contribution in [2.75, 3.05) is 26.3 Å². The van der Waals surface area contributed by atoms with Gasteiger partial charge in [0, 0.05) is 19.2 Å². The molecule has 2 aliphatic rings. The van der Waals surface area contributed by atoms with E-state index in [1.54, 1.807) is 0 Å². The summed E-state index contributed by atoms with van der Waals surface area (Å²) in [6.45, 7) is 14.5. The lowest BCUT2D eigenvalue weighted by Crippen LogP contribution is -2.56. The topological polar surface area (TPSA) is 70.7 Å². The monoisotopic (exact) mass is 499 g/mol. The number of carbonyl (C=O) groups excluding carboxylic acids is 2. The molecule has 0 unspecified atom stereocenters. The molecule has 2 saturated heterocycles. The van der Waals surface area contributed by atoms with Crippen LogP contribution in [0.5, 0.6) is 0 Å². The Labute approximate surface area is 218 Å². The number of nitrogens with one attached hydrogen (secondary N) is 2. The summed E-state index contributed by atoms with van der Waals surface area (Å²) in [7, 11) is 0. The Balaban J connectivity index is 1.69. The zero-order chi connectivity index (χ0) is 26.1. The second kappa shape index (κ2) is 13.6. The third kappa shape index (κ3) is 8.31. The Morgan fingerprint density at radius 1 is 0.972 bits per heavy atom. The average Bonchev–Trinajstić information content (AvgIpc) is 2.83. The van der Waals surface area contributed by atoms with Gasteiger partial charge in [-0.15, -0.1) is 0 Å². The van der Waals surface area contributed by atoms with E-state index in [4.69, 9.17) is 4.74 Å². The highest BCUT2D eigenvalue weighted by Crippen LogP contribution is 2.38. The van der Waals surface area contributed by atoms with Crippen molar-refractivity contribution in [1.82, 2.24) is 15.5 Å². The Bertz CT molecular complexity index is 828. The van der Waals surface area contributed by atoms with Crippen molar-refractivity contribution in [1.29, 1.82) is 0 Å². The third-order valence-corrected chi connectivity index (χ3v) is 7.88. The third-order valence-electron chi connectivity index (χ3n) is 7.88. The number of ether oxygens (including phenoxy) is 1. The lowest BCUT2D eigenvalue weighted by Gasteiger charge is -2.41. The maximum atomic E-state index is 13.8. The summed E-state index contributed by atoms with van der Waals surface area (Å²) < 4.78 is 5.80. The Morgan fingerprint density at radius 3 is 2.31 bits per heavy atom. The number of benzene rings is 1. The summed E-state index contributed by atoms with van der Waals surface area (Å²) >= 11 is 0. The highest BCUT2D eigenvalue weighted by atomic mass is 16.5. The van der Waals surface area contributed by atoms with E-state index in [9.17, 15) is 9.59 Å². The summed E-state index contributed by atoms with van der Waals surface area (Å²) in [5.41, 5.74) is 2.30. The molecule has 0 aliphatic carbocycles. The first-order valence-electron chi connectivity index (χ1n) is 14.2. The van der Waals surface area contributed by atoms with Crippen LogP contribution in [0.2, 0.25) is 0 Å². The molecule has 2 aliphatic heterocycles. The van der Waals surface area contributed by atoms with E-state index in [0.29, 0.717) is 31.5 Å². The van der Waals surface area contributed by atoms with Gasteiger partial charge in [-0.05, 0) is 75.1 Å². The summed E-state index contributed by atoms with van der Waals surface area (Å²) in [5.74, 6) is 0.831. The van der Waals surface area contributed by atoms with Crippen molar-refractivity contribution >= 4 is 11.8 Å². The van der Waals surface area contributed by atoms with Crippen LogP contribution in [0.15, 0.2) is 24.3 Å². The van der Waals surface area contributed by atoms with Crippen LogP contribution < -0.4 is 10.6 Å². The molecule has 3 rings (SSSR count). The lowest BCUT2D eigenvalue weighted by molar-refractivity contribution is -0.139. The van der Waals surface area contributed by atoms with Crippen molar-refractivity contribution in [3.05, 3.63) is 35.4 Å². The smallest absolute Gasteiger partial charge is 0.242 e. The van der Waals surface area contributed by atoms with Crippen LogP contribution in [0, 0.1) is 11.3 Å². The molecule has 2 amide bonds. The number of hydrogen-bond acceptors (Lipinski definition) is 4. The zero-order valence-electron chi connectivity index (χ0n) is 23.3. The molecule has 0 saturated carbocycles. The van der Waals surface area contributed by atoms with E-state index in [1.807, 2.05) is 6.92 Å². The minimum atomic E-state index is -0.503. The number of likely N-dealkylation sites (tertiary alicyclic amines) is 1. The molecule has 1 spiro atoms. The molecular weight excluding hydrogens is 450 g/mol. The first kappa shape index (κ1) is 28.6. The molecule has 6 heteroatoms. The fourth-order valence-electron chi connectivity index (χ4n) is 5.50. The molecule has 2 atom stereocenters. The van der Waals surface area contributed by atoms with Gasteiger partial charge in [0.15, 0.2) is 0 Å². The number of amides is 2. The summed E-state index contributed by atoms with van der Waals surface area (Å²) in [4.78, 5) is 29.4. The first-order chi connectivity index (χ1) is 17.2. The van der Waals surface area contributed by atoms with Gasteiger partial charge in [0.05, 0.1) is 12.0 Å². The van der Waals surface area contributed by atoms with Crippen molar-refractivity contribution in [2.45, 2.75) is 104 Å². The van der Waals surface area contributed by atoms with Crippen molar-refractivity contribution < 1.29 is 14.3 Å². The highest BCUT2D eigenvalue weighted by Gasteiger charge is 2.42.